The summed E-state index contributed by atoms with van der Waals surface area (Å²) in [6, 6.07) is 3.07. The fourth-order valence-corrected chi connectivity index (χ4v) is 3.32. The predicted molar refractivity (Wildman–Crippen MR) is 98.4 cm³/mol. The molecule has 0 aliphatic heterocycles. The van der Waals surface area contributed by atoms with Crippen LogP contribution in [-0.4, -0.2) is 34.3 Å². The molecule has 134 valence electrons. The van der Waals surface area contributed by atoms with Gasteiger partial charge < -0.3 is 13.9 Å². The van der Waals surface area contributed by atoms with Crippen LogP contribution in [0.4, 0.5) is 5.69 Å². The highest BCUT2D eigenvalue weighted by molar-refractivity contribution is 6.48. The monoisotopic (exact) mass is 353 g/mol. The van der Waals surface area contributed by atoms with Crippen LogP contribution in [-0.2, 0) is 4.43 Å². The molecule has 24 heavy (non-hydrogen) atoms. The van der Waals surface area contributed by atoms with E-state index in [1.165, 1.54) is 20.3 Å². The Bertz CT molecular complexity index is 608. The zero-order chi connectivity index (χ0) is 18.5. The second kappa shape index (κ2) is 8.30. The molecular formula is C17H27NO5Si. The van der Waals surface area contributed by atoms with Crippen molar-refractivity contribution in [1.82, 2.24) is 0 Å². The van der Waals surface area contributed by atoms with Gasteiger partial charge in [0.2, 0.25) is 5.75 Å². The van der Waals surface area contributed by atoms with Crippen LogP contribution in [0.5, 0.6) is 11.5 Å². The van der Waals surface area contributed by atoms with E-state index in [0.29, 0.717) is 11.3 Å². The fourth-order valence-electron chi connectivity index (χ4n) is 2.23. The van der Waals surface area contributed by atoms with Crippen molar-refractivity contribution >= 4 is 20.8 Å². The zero-order valence-electron chi connectivity index (χ0n) is 15.5. The Morgan fingerprint density at radius 3 is 2.25 bits per heavy atom. The minimum absolute atomic E-state index is 0.0776. The summed E-state index contributed by atoms with van der Waals surface area (Å²) in [4.78, 5) is 10.8. The van der Waals surface area contributed by atoms with Gasteiger partial charge in [0.15, 0.2) is 9.04 Å². The first-order valence-corrected chi connectivity index (χ1v) is 10.6. The SMILES string of the molecule is COc1cc(C=CC(O[SiH](C)C)C(C)(C)C)c(OC)c([N+](=O)[O-])c1. The molecule has 0 bridgehead atoms. The molecule has 0 amide bonds. The molecule has 1 aromatic rings. The van der Waals surface area contributed by atoms with Crippen molar-refractivity contribution in [3.63, 3.8) is 0 Å². The number of methoxy groups -OCH3 is 2. The van der Waals surface area contributed by atoms with Crippen molar-refractivity contribution in [2.24, 2.45) is 5.41 Å². The van der Waals surface area contributed by atoms with Crippen molar-refractivity contribution in [1.29, 1.82) is 0 Å². The summed E-state index contributed by atoms with van der Waals surface area (Å²) in [5.41, 5.74) is 0.390. The standard InChI is InChI=1S/C17H27NO5Si/c1-17(2,3)15(23-24(6)7)9-8-12-10-13(21-4)11-14(18(19)20)16(12)22-5/h8-11,15,24H,1-7H3. The van der Waals surface area contributed by atoms with Crippen molar-refractivity contribution < 1.29 is 18.8 Å². The molecular weight excluding hydrogens is 326 g/mol. The van der Waals surface area contributed by atoms with E-state index >= 15 is 0 Å². The first kappa shape index (κ1) is 20.2. The van der Waals surface area contributed by atoms with E-state index in [0.717, 1.165) is 0 Å². The van der Waals surface area contributed by atoms with Crippen LogP contribution in [0.3, 0.4) is 0 Å². The Labute approximate surface area is 145 Å². The predicted octanol–water partition coefficient (Wildman–Crippen LogP) is 4.04. The summed E-state index contributed by atoms with van der Waals surface area (Å²) in [5, 5.41) is 11.3. The van der Waals surface area contributed by atoms with Gasteiger partial charge in [-0.1, -0.05) is 32.9 Å². The number of nitrogens with zero attached hydrogens (tertiary/aromatic N) is 1. The van der Waals surface area contributed by atoms with Crippen LogP contribution >= 0.6 is 0 Å². The quantitative estimate of drug-likeness (QED) is 0.420. The van der Waals surface area contributed by atoms with Gasteiger partial charge in [-0.05, 0) is 24.6 Å². The lowest BCUT2D eigenvalue weighted by molar-refractivity contribution is -0.385. The normalized spacial score (nSPS) is 13.3. The van der Waals surface area contributed by atoms with Crippen LogP contribution in [0, 0.1) is 15.5 Å². The molecule has 1 unspecified atom stereocenters. The maximum atomic E-state index is 11.3. The first-order chi connectivity index (χ1) is 11.1. The average Bonchev–Trinajstić information content (AvgIpc) is 2.48. The number of nitro groups is 1. The molecule has 0 saturated carbocycles. The lowest BCUT2D eigenvalue weighted by Crippen LogP contribution is -2.31. The Morgan fingerprint density at radius 2 is 1.83 bits per heavy atom. The summed E-state index contributed by atoms with van der Waals surface area (Å²) in [6.07, 6.45) is 3.66. The number of nitro benzene ring substituents is 1. The average molecular weight is 353 g/mol. The molecule has 0 fully saturated rings. The van der Waals surface area contributed by atoms with Gasteiger partial charge in [0.05, 0.1) is 31.3 Å². The molecule has 6 nitrogen and oxygen atoms in total. The van der Waals surface area contributed by atoms with Crippen molar-refractivity contribution in [2.75, 3.05) is 14.2 Å². The fraction of sp³-hybridized carbons (Fsp3) is 0.529. The van der Waals surface area contributed by atoms with E-state index in [1.807, 2.05) is 6.08 Å². The van der Waals surface area contributed by atoms with Crippen LogP contribution in [0.25, 0.3) is 6.08 Å². The third-order valence-electron chi connectivity index (χ3n) is 3.43. The summed E-state index contributed by atoms with van der Waals surface area (Å²) >= 11 is 0. The molecule has 0 aliphatic carbocycles. The number of hydrogen-bond acceptors (Lipinski definition) is 5. The topological polar surface area (TPSA) is 70.8 Å². The van der Waals surface area contributed by atoms with Gasteiger partial charge in [0.1, 0.15) is 5.75 Å². The third-order valence-corrected chi connectivity index (χ3v) is 4.27. The van der Waals surface area contributed by atoms with Crippen LogP contribution in [0.2, 0.25) is 13.1 Å². The molecule has 0 N–H and O–H groups in total. The minimum atomic E-state index is -1.23. The molecule has 1 rings (SSSR count). The van der Waals surface area contributed by atoms with Crippen LogP contribution in [0.1, 0.15) is 26.3 Å². The van der Waals surface area contributed by atoms with E-state index in [1.54, 1.807) is 12.1 Å². The highest BCUT2D eigenvalue weighted by Gasteiger charge is 2.25. The first-order valence-electron chi connectivity index (χ1n) is 7.84. The van der Waals surface area contributed by atoms with E-state index in [4.69, 9.17) is 13.9 Å². The van der Waals surface area contributed by atoms with Gasteiger partial charge in [0.25, 0.3) is 0 Å². The van der Waals surface area contributed by atoms with Crippen molar-refractivity contribution in [3.05, 3.63) is 33.9 Å². The highest BCUT2D eigenvalue weighted by Crippen LogP contribution is 2.36. The second-order valence-electron chi connectivity index (χ2n) is 6.86. The summed E-state index contributed by atoms with van der Waals surface area (Å²) in [5.74, 6) is 0.625. The van der Waals surface area contributed by atoms with Gasteiger partial charge in [-0.15, -0.1) is 0 Å². The van der Waals surface area contributed by atoms with Gasteiger partial charge in [0, 0.05) is 5.56 Å². The minimum Gasteiger partial charge on any atom is -0.496 e. The lowest BCUT2D eigenvalue weighted by atomic mass is 9.88. The molecule has 1 atom stereocenters. The zero-order valence-corrected chi connectivity index (χ0v) is 16.6. The lowest BCUT2D eigenvalue weighted by Gasteiger charge is -2.30. The Hall–Kier alpha value is -1.86. The van der Waals surface area contributed by atoms with Crippen LogP contribution < -0.4 is 9.47 Å². The Balaban J connectivity index is 3.33. The maximum absolute atomic E-state index is 11.3. The number of benzene rings is 1. The Kier molecular flexibility index (Phi) is 6.98. The molecule has 0 radical (unpaired) electrons. The summed E-state index contributed by atoms with van der Waals surface area (Å²) < 4.78 is 16.5. The highest BCUT2D eigenvalue weighted by atomic mass is 28.3. The molecule has 0 saturated heterocycles. The van der Waals surface area contributed by atoms with Gasteiger partial charge in [-0.3, -0.25) is 10.1 Å². The van der Waals surface area contributed by atoms with Crippen LogP contribution in [0.15, 0.2) is 18.2 Å². The maximum Gasteiger partial charge on any atom is 0.315 e. The second-order valence-corrected chi connectivity index (χ2v) is 9.23. The summed E-state index contributed by atoms with van der Waals surface area (Å²) in [7, 11) is 1.67. The van der Waals surface area contributed by atoms with E-state index < -0.39 is 14.0 Å². The van der Waals surface area contributed by atoms with Gasteiger partial charge in [-0.25, -0.2) is 0 Å². The smallest absolute Gasteiger partial charge is 0.315 e. The molecule has 1 aromatic carbocycles. The number of hydrogen-bond donors (Lipinski definition) is 0. The molecule has 0 aliphatic rings. The summed E-state index contributed by atoms with van der Waals surface area (Å²) in [6.45, 7) is 10.5. The third kappa shape index (κ3) is 5.35. The molecule has 0 spiro atoms. The number of rotatable bonds is 7. The molecule has 7 heteroatoms. The van der Waals surface area contributed by atoms with Crippen molar-refractivity contribution in [3.8, 4) is 11.5 Å². The van der Waals surface area contributed by atoms with E-state index in [9.17, 15) is 10.1 Å². The van der Waals surface area contributed by atoms with Crippen molar-refractivity contribution in [2.45, 2.75) is 40.0 Å². The Morgan fingerprint density at radius 1 is 1.21 bits per heavy atom. The van der Waals surface area contributed by atoms with Gasteiger partial charge in [-0.2, -0.15) is 0 Å². The molecule has 0 heterocycles. The van der Waals surface area contributed by atoms with Gasteiger partial charge >= 0.3 is 5.69 Å². The van der Waals surface area contributed by atoms with E-state index in [2.05, 4.69) is 33.9 Å². The van der Waals surface area contributed by atoms with E-state index in [-0.39, 0.29) is 23.0 Å². The number of ether oxygens (including phenoxy) is 2. The molecule has 0 aromatic heterocycles. The largest absolute Gasteiger partial charge is 0.496 e.